The van der Waals surface area contributed by atoms with Gasteiger partial charge in [-0.3, -0.25) is 14.9 Å². The molecule has 1 atom stereocenters. The standard InChI is InChI=1S/C17H17FN2O4/c1-10-4-5-11(2)16(8-10)24-12(3)17(21)19-15-9-13(20(22)23)6-7-14(15)18/h4-9,12H,1-3H3,(H,19,21). The Morgan fingerprint density at radius 2 is 1.96 bits per heavy atom. The molecule has 2 rings (SSSR count). The van der Waals surface area contributed by atoms with E-state index in [2.05, 4.69) is 5.32 Å². The summed E-state index contributed by atoms with van der Waals surface area (Å²) in [4.78, 5) is 22.3. The maximum absolute atomic E-state index is 13.7. The second kappa shape index (κ2) is 7.08. The lowest BCUT2D eigenvalue weighted by Crippen LogP contribution is -2.30. The van der Waals surface area contributed by atoms with Crippen molar-refractivity contribution in [2.75, 3.05) is 5.32 Å². The number of carbonyl (C=O) groups is 1. The third kappa shape index (κ3) is 4.07. The molecule has 7 heteroatoms. The molecular weight excluding hydrogens is 315 g/mol. The van der Waals surface area contributed by atoms with Crippen LogP contribution in [0.25, 0.3) is 0 Å². The van der Waals surface area contributed by atoms with E-state index in [0.717, 1.165) is 29.3 Å². The summed E-state index contributed by atoms with van der Waals surface area (Å²) in [6.07, 6.45) is -0.899. The highest BCUT2D eigenvalue weighted by molar-refractivity contribution is 5.94. The van der Waals surface area contributed by atoms with Crippen LogP contribution in [0.1, 0.15) is 18.1 Å². The number of anilines is 1. The SMILES string of the molecule is Cc1ccc(C)c(OC(C)C(=O)Nc2cc([N+](=O)[O-])ccc2F)c1. The Balaban J connectivity index is 2.13. The van der Waals surface area contributed by atoms with Gasteiger partial charge in [0.2, 0.25) is 0 Å². The minimum absolute atomic E-state index is 0.259. The van der Waals surface area contributed by atoms with E-state index in [1.165, 1.54) is 6.92 Å². The predicted molar refractivity (Wildman–Crippen MR) is 87.7 cm³/mol. The van der Waals surface area contributed by atoms with Gasteiger partial charge in [-0.05, 0) is 44.0 Å². The number of ether oxygens (including phenoxy) is 1. The molecule has 0 fully saturated rings. The number of benzene rings is 2. The fraction of sp³-hybridized carbons (Fsp3) is 0.235. The molecule has 0 aromatic heterocycles. The third-order valence-corrected chi connectivity index (χ3v) is 3.44. The van der Waals surface area contributed by atoms with Crippen LogP contribution in [0.5, 0.6) is 5.75 Å². The molecule has 0 radical (unpaired) electrons. The van der Waals surface area contributed by atoms with Crippen molar-refractivity contribution in [1.82, 2.24) is 0 Å². The molecule has 2 aromatic carbocycles. The van der Waals surface area contributed by atoms with Crippen LogP contribution in [-0.2, 0) is 4.79 Å². The third-order valence-electron chi connectivity index (χ3n) is 3.44. The number of hydrogen-bond acceptors (Lipinski definition) is 4. The number of nitro groups is 1. The number of halogens is 1. The van der Waals surface area contributed by atoms with Crippen molar-refractivity contribution in [2.24, 2.45) is 0 Å². The summed E-state index contributed by atoms with van der Waals surface area (Å²) < 4.78 is 19.3. The molecule has 6 nitrogen and oxygen atoms in total. The first-order valence-electron chi connectivity index (χ1n) is 7.26. The Bertz CT molecular complexity index is 792. The van der Waals surface area contributed by atoms with Gasteiger partial charge in [0.05, 0.1) is 10.6 Å². The number of aryl methyl sites for hydroxylation is 2. The monoisotopic (exact) mass is 332 g/mol. The van der Waals surface area contributed by atoms with Crippen LogP contribution in [0.2, 0.25) is 0 Å². The summed E-state index contributed by atoms with van der Waals surface area (Å²) >= 11 is 0. The lowest BCUT2D eigenvalue weighted by Gasteiger charge is -2.17. The fourth-order valence-electron chi connectivity index (χ4n) is 2.04. The number of carbonyl (C=O) groups excluding carboxylic acids is 1. The zero-order valence-corrected chi connectivity index (χ0v) is 13.5. The van der Waals surface area contributed by atoms with Gasteiger partial charge >= 0.3 is 0 Å². The van der Waals surface area contributed by atoms with E-state index in [-0.39, 0.29) is 11.4 Å². The molecule has 0 heterocycles. The molecule has 0 aliphatic heterocycles. The largest absolute Gasteiger partial charge is 0.481 e. The normalized spacial score (nSPS) is 11.7. The van der Waals surface area contributed by atoms with E-state index >= 15 is 0 Å². The van der Waals surface area contributed by atoms with Crippen molar-refractivity contribution in [3.05, 3.63) is 63.5 Å². The summed E-state index contributed by atoms with van der Waals surface area (Å²) in [5.74, 6) is -0.805. The van der Waals surface area contributed by atoms with Crippen molar-refractivity contribution in [2.45, 2.75) is 26.9 Å². The Hall–Kier alpha value is -2.96. The van der Waals surface area contributed by atoms with Crippen LogP contribution in [0.4, 0.5) is 15.8 Å². The molecule has 0 aliphatic carbocycles. The van der Waals surface area contributed by atoms with Crippen LogP contribution < -0.4 is 10.1 Å². The number of nitrogens with one attached hydrogen (secondary N) is 1. The second-order valence-electron chi connectivity index (χ2n) is 5.44. The number of nitrogens with zero attached hydrogens (tertiary/aromatic N) is 1. The quantitative estimate of drug-likeness (QED) is 0.668. The Morgan fingerprint density at radius 3 is 2.62 bits per heavy atom. The molecule has 2 aromatic rings. The van der Waals surface area contributed by atoms with E-state index in [1.54, 1.807) is 6.07 Å². The van der Waals surface area contributed by atoms with Crippen LogP contribution in [0.3, 0.4) is 0 Å². The highest BCUT2D eigenvalue weighted by Crippen LogP contribution is 2.23. The highest BCUT2D eigenvalue weighted by Gasteiger charge is 2.19. The highest BCUT2D eigenvalue weighted by atomic mass is 19.1. The maximum atomic E-state index is 13.7. The lowest BCUT2D eigenvalue weighted by atomic mass is 10.1. The number of rotatable bonds is 5. The molecule has 1 unspecified atom stereocenters. The van der Waals surface area contributed by atoms with Crippen LogP contribution in [0.15, 0.2) is 36.4 Å². The average Bonchev–Trinajstić information content (AvgIpc) is 2.52. The van der Waals surface area contributed by atoms with Crippen molar-refractivity contribution in [3.8, 4) is 5.75 Å². The molecule has 1 amide bonds. The molecule has 0 saturated heterocycles. The molecule has 1 N–H and O–H groups in total. The van der Waals surface area contributed by atoms with Gasteiger partial charge < -0.3 is 10.1 Å². The van der Waals surface area contributed by atoms with Crippen molar-refractivity contribution >= 4 is 17.3 Å². The van der Waals surface area contributed by atoms with E-state index < -0.39 is 22.8 Å². The summed E-state index contributed by atoms with van der Waals surface area (Å²) in [5, 5.41) is 13.1. The van der Waals surface area contributed by atoms with E-state index in [1.807, 2.05) is 26.0 Å². The van der Waals surface area contributed by atoms with Crippen LogP contribution in [-0.4, -0.2) is 16.9 Å². The average molecular weight is 332 g/mol. The van der Waals surface area contributed by atoms with Gasteiger partial charge in [0.1, 0.15) is 11.6 Å². The van der Waals surface area contributed by atoms with Crippen molar-refractivity contribution in [1.29, 1.82) is 0 Å². The van der Waals surface area contributed by atoms with Gasteiger partial charge in [0.25, 0.3) is 11.6 Å². The maximum Gasteiger partial charge on any atom is 0.271 e. The summed E-state index contributed by atoms with van der Waals surface area (Å²) in [5.41, 5.74) is 1.27. The van der Waals surface area contributed by atoms with E-state index in [9.17, 15) is 19.3 Å². The molecule has 0 aliphatic rings. The molecule has 0 spiro atoms. The van der Waals surface area contributed by atoms with Gasteiger partial charge in [-0.25, -0.2) is 4.39 Å². The van der Waals surface area contributed by atoms with Crippen molar-refractivity contribution < 1.29 is 18.8 Å². The Morgan fingerprint density at radius 1 is 1.25 bits per heavy atom. The number of nitro benzene ring substituents is 1. The Labute approximate surface area is 138 Å². The molecule has 24 heavy (non-hydrogen) atoms. The van der Waals surface area contributed by atoms with Crippen LogP contribution >= 0.6 is 0 Å². The first-order chi connectivity index (χ1) is 11.3. The zero-order chi connectivity index (χ0) is 17.9. The van der Waals surface area contributed by atoms with Gasteiger partial charge in [0.15, 0.2) is 6.10 Å². The fourth-order valence-corrected chi connectivity index (χ4v) is 2.04. The predicted octanol–water partition coefficient (Wildman–Crippen LogP) is 3.76. The van der Waals surface area contributed by atoms with Gasteiger partial charge in [0, 0.05) is 12.1 Å². The van der Waals surface area contributed by atoms with Crippen LogP contribution in [0, 0.1) is 29.8 Å². The summed E-state index contributed by atoms with van der Waals surface area (Å²) in [6.45, 7) is 5.27. The van der Waals surface area contributed by atoms with Gasteiger partial charge in [-0.1, -0.05) is 12.1 Å². The zero-order valence-electron chi connectivity index (χ0n) is 13.5. The minimum Gasteiger partial charge on any atom is -0.481 e. The molecule has 0 saturated carbocycles. The topological polar surface area (TPSA) is 81.5 Å². The summed E-state index contributed by atoms with van der Waals surface area (Å²) in [7, 11) is 0. The summed E-state index contributed by atoms with van der Waals surface area (Å²) in [6, 6.07) is 8.52. The number of amides is 1. The molecule has 0 bridgehead atoms. The van der Waals surface area contributed by atoms with E-state index in [4.69, 9.17) is 4.74 Å². The van der Waals surface area contributed by atoms with Gasteiger partial charge in [-0.15, -0.1) is 0 Å². The van der Waals surface area contributed by atoms with E-state index in [0.29, 0.717) is 5.75 Å². The first kappa shape index (κ1) is 17.4. The first-order valence-corrected chi connectivity index (χ1v) is 7.26. The second-order valence-corrected chi connectivity index (χ2v) is 5.44. The Kier molecular flexibility index (Phi) is 5.13. The molecule has 126 valence electrons. The van der Waals surface area contributed by atoms with Crippen molar-refractivity contribution in [3.63, 3.8) is 0 Å². The number of non-ortho nitro benzene ring substituents is 1. The molecular formula is C17H17FN2O4. The number of hydrogen-bond donors (Lipinski definition) is 1. The lowest BCUT2D eigenvalue weighted by molar-refractivity contribution is -0.384. The minimum atomic E-state index is -0.899. The smallest absolute Gasteiger partial charge is 0.271 e. The van der Waals surface area contributed by atoms with Gasteiger partial charge in [-0.2, -0.15) is 0 Å².